The van der Waals surface area contributed by atoms with Gasteiger partial charge in [-0.15, -0.1) is 0 Å². The summed E-state index contributed by atoms with van der Waals surface area (Å²) in [4.78, 5) is 52.5. The second-order valence-corrected chi connectivity index (χ2v) is 8.17. The normalized spacial score (nSPS) is 13.3. The van der Waals surface area contributed by atoms with Crippen LogP contribution in [0.5, 0.6) is 5.75 Å². The lowest BCUT2D eigenvalue weighted by atomic mass is 10.0. The molecular weight excluding hydrogens is 472 g/mol. The molecule has 0 radical (unpaired) electrons. The number of rotatable bonds is 8. The molecule has 0 aromatic heterocycles. The van der Waals surface area contributed by atoms with Gasteiger partial charge in [-0.25, -0.2) is 4.79 Å². The van der Waals surface area contributed by atoms with E-state index in [9.17, 15) is 19.2 Å². The molecule has 9 heteroatoms. The van der Waals surface area contributed by atoms with Gasteiger partial charge in [-0.05, 0) is 35.9 Å². The first kappa shape index (κ1) is 24.0. The van der Waals surface area contributed by atoms with Crippen molar-refractivity contribution in [2.45, 2.75) is 12.5 Å². The Balaban J connectivity index is 1.51. The highest BCUT2D eigenvalue weighted by Crippen LogP contribution is 2.28. The van der Waals surface area contributed by atoms with Crippen molar-refractivity contribution >= 4 is 41.0 Å². The fourth-order valence-electron chi connectivity index (χ4n) is 3.81. The number of nitrogens with one attached hydrogen (secondary N) is 1. The van der Waals surface area contributed by atoms with E-state index in [4.69, 9.17) is 21.1 Å². The maximum absolute atomic E-state index is 13.1. The molecule has 0 aliphatic carbocycles. The van der Waals surface area contributed by atoms with E-state index in [0.29, 0.717) is 16.5 Å². The summed E-state index contributed by atoms with van der Waals surface area (Å²) in [6, 6.07) is 18.7. The minimum absolute atomic E-state index is 0.0366. The van der Waals surface area contributed by atoms with Crippen molar-refractivity contribution in [1.82, 2.24) is 4.90 Å². The molecule has 0 saturated carbocycles. The van der Waals surface area contributed by atoms with Crippen LogP contribution in [0, 0.1) is 0 Å². The molecule has 3 amide bonds. The second kappa shape index (κ2) is 10.4. The average Bonchev–Trinajstić information content (AvgIpc) is 3.12. The minimum Gasteiger partial charge on any atom is -0.495 e. The van der Waals surface area contributed by atoms with E-state index < -0.39 is 36.3 Å². The Labute approximate surface area is 206 Å². The topological polar surface area (TPSA) is 102 Å². The molecule has 35 heavy (non-hydrogen) atoms. The van der Waals surface area contributed by atoms with Gasteiger partial charge in [0.2, 0.25) is 0 Å². The first-order valence-electron chi connectivity index (χ1n) is 10.7. The molecule has 1 heterocycles. The van der Waals surface area contributed by atoms with Crippen LogP contribution in [0.2, 0.25) is 5.02 Å². The van der Waals surface area contributed by atoms with Crippen LogP contribution in [0.15, 0.2) is 72.8 Å². The Morgan fingerprint density at radius 3 is 2.20 bits per heavy atom. The van der Waals surface area contributed by atoms with Crippen molar-refractivity contribution in [3.63, 3.8) is 0 Å². The zero-order valence-electron chi connectivity index (χ0n) is 18.7. The zero-order chi connectivity index (χ0) is 24.9. The number of benzene rings is 3. The van der Waals surface area contributed by atoms with Crippen LogP contribution >= 0.6 is 11.6 Å². The summed E-state index contributed by atoms with van der Waals surface area (Å²) < 4.78 is 10.4. The van der Waals surface area contributed by atoms with Crippen LogP contribution in [0.25, 0.3) is 0 Å². The molecule has 4 rings (SSSR count). The maximum Gasteiger partial charge on any atom is 0.330 e. The molecule has 0 saturated heterocycles. The van der Waals surface area contributed by atoms with Gasteiger partial charge >= 0.3 is 5.97 Å². The highest BCUT2D eigenvalue weighted by Gasteiger charge is 2.43. The second-order valence-electron chi connectivity index (χ2n) is 7.73. The van der Waals surface area contributed by atoms with Gasteiger partial charge in [0.05, 0.1) is 23.9 Å². The third kappa shape index (κ3) is 5.17. The number of esters is 1. The number of carbonyl (C=O) groups is 4. The van der Waals surface area contributed by atoms with Gasteiger partial charge in [0.1, 0.15) is 11.8 Å². The van der Waals surface area contributed by atoms with Crippen molar-refractivity contribution in [3.8, 4) is 5.75 Å². The van der Waals surface area contributed by atoms with Gasteiger partial charge in [-0.2, -0.15) is 0 Å². The minimum atomic E-state index is -1.25. The Bertz CT molecular complexity index is 1260. The third-order valence-electron chi connectivity index (χ3n) is 5.46. The molecule has 1 N–H and O–H groups in total. The lowest BCUT2D eigenvalue weighted by Gasteiger charge is -2.24. The Morgan fingerprint density at radius 2 is 1.57 bits per heavy atom. The molecule has 0 spiro atoms. The first-order chi connectivity index (χ1) is 16.9. The van der Waals surface area contributed by atoms with E-state index in [2.05, 4.69) is 5.32 Å². The number of amides is 3. The van der Waals surface area contributed by atoms with Gasteiger partial charge in [0, 0.05) is 11.4 Å². The van der Waals surface area contributed by atoms with Crippen LogP contribution in [0.1, 0.15) is 26.3 Å². The molecule has 8 nitrogen and oxygen atoms in total. The van der Waals surface area contributed by atoms with E-state index in [1.54, 1.807) is 48.5 Å². The molecule has 0 fully saturated rings. The van der Waals surface area contributed by atoms with Crippen LogP contribution in [0.4, 0.5) is 5.69 Å². The van der Waals surface area contributed by atoms with Gasteiger partial charge in [0.15, 0.2) is 6.61 Å². The fourth-order valence-corrected chi connectivity index (χ4v) is 3.98. The van der Waals surface area contributed by atoms with Gasteiger partial charge in [-0.3, -0.25) is 19.3 Å². The number of nitrogens with zero attached hydrogens (tertiary/aromatic N) is 1. The Kier molecular flexibility index (Phi) is 7.12. The number of fused-ring (bicyclic) bond motifs is 1. The van der Waals surface area contributed by atoms with Crippen molar-refractivity contribution in [3.05, 3.63) is 94.5 Å². The van der Waals surface area contributed by atoms with Crippen LogP contribution in [-0.2, 0) is 20.7 Å². The van der Waals surface area contributed by atoms with E-state index >= 15 is 0 Å². The molecule has 1 aliphatic heterocycles. The van der Waals surface area contributed by atoms with Crippen LogP contribution in [-0.4, -0.2) is 48.3 Å². The fraction of sp³-hybridized carbons (Fsp3) is 0.154. The van der Waals surface area contributed by atoms with E-state index in [0.717, 1.165) is 10.5 Å². The van der Waals surface area contributed by atoms with Crippen molar-refractivity contribution < 1.29 is 28.7 Å². The third-order valence-corrected chi connectivity index (χ3v) is 5.70. The number of anilines is 1. The summed E-state index contributed by atoms with van der Waals surface area (Å²) >= 11 is 5.98. The standard InChI is InChI=1S/C26H21ClN2O6/c1-34-22-12-11-17(27)14-20(22)28-23(30)15-35-26(33)21(13-16-7-3-2-4-8-16)29-24(31)18-9-5-6-10-19(18)25(29)32/h2-12,14,21H,13,15H2,1H3,(H,28,30)/t21-/m1/s1. The summed E-state index contributed by atoms with van der Waals surface area (Å²) in [5.41, 5.74) is 1.46. The first-order valence-corrected chi connectivity index (χ1v) is 11.1. The van der Waals surface area contributed by atoms with Gasteiger partial charge < -0.3 is 14.8 Å². The number of hydrogen-bond donors (Lipinski definition) is 1. The molecule has 0 bridgehead atoms. The molecule has 3 aromatic carbocycles. The number of imide groups is 1. The van der Waals surface area contributed by atoms with Gasteiger partial charge in [0.25, 0.3) is 17.7 Å². The maximum atomic E-state index is 13.1. The number of carbonyl (C=O) groups excluding carboxylic acids is 4. The Morgan fingerprint density at radius 1 is 0.943 bits per heavy atom. The molecule has 0 unspecified atom stereocenters. The van der Waals surface area contributed by atoms with E-state index in [1.807, 2.05) is 6.07 Å². The van der Waals surface area contributed by atoms with Crippen molar-refractivity contribution in [2.75, 3.05) is 19.0 Å². The van der Waals surface area contributed by atoms with Crippen molar-refractivity contribution in [2.24, 2.45) is 0 Å². The summed E-state index contributed by atoms with van der Waals surface area (Å²) in [5, 5.41) is 2.96. The smallest absolute Gasteiger partial charge is 0.330 e. The summed E-state index contributed by atoms with van der Waals surface area (Å²) in [6.07, 6.45) is 0.0366. The predicted octanol–water partition coefficient (Wildman–Crippen LogP) is 3.74. The quantitative estimate of drug-likeness (QED) is 0.379. The zero-order valence-corrected chi connectivity index (χ0v) is 19.5. The highest BCUT2D eigenvalue weighted by molar-refractivity contribution is 6.31. The molecule has 1 atom stereocenters. The number of methoxy groups -OCH3 is 1. The lowest BCUT2D eigenvalue weighted by Crippen LogP contribution is -2.47. The molecule has 1 aliphatic rings. The summed E-state index contributed by atoms with van der Waals surface area (Å²) in [6.45, 7) is -0.636. The lowest BCUT2D eigenvalue weighted by molar-refractivity contribution is -0.151. The molecular formula is C26H21ClN2O6. The van der Waals surface area contributed by atoms with Crippen LogP contribution < -0.4 is 10.1 Å². The summed E-state index contributed by atoms with van der Waals surface area (Å²) in [5.74, 6) is -2.31. The average molecular weight is 493 g/mol. The van der Waals surface area contributed by atoms with Crippen molar-refractivity contribution in [1.29, 1.82) is 0 Å². The van der Waals surface area contributed by atoms with E-state index in [-0.39, 0.29) is 17.5 Å². The number of ether oxygens (including phenoxy) is 2. The SMILES string of the molecule is COc1ccc(Cl)cc1NC(=O)COC(=O)[C@@H](Cc1ccccc1)N1C(=O)c2ccccc2C1=O. The van der Waals surface area contributed by atoms with E-state index in [1.165, 1.54) is 25.3 Å². The monoisotopic (exact) mass is 492 g/mol. The molecule has 3 aromatic rings. The Hall–Kier alpha value is -4.17. The highest BCUT2D eigenvalue weighted by atomic mass is 35.5. The largest absolute Gasteiger partial charge is 0.495 e. The van der Waals surface area contributed by atoms with Crippen LogP contribution in [0.3, 0.4) is 0 Å². The molecule has 178 valence electrons. The predicted molar refractivity (Wildman–Crippen MR) is 128 cm³/mol. The number of hydrogen-bond acceptors (Lipinski definition) is 6. The number of halogens is 1. The van der Waals surface area contributed by atoms with Gasteiger partial charge in [-0.1, -0.05) is 54.1 Å². The summed E-state index contributed by atoms with van der Waals surface area (Å²) in [7, 11) is 1.44.